The molecule has 3 aromatic rings. The summed E-state index contributed by atoms with van der Waals surface area (Å²) in [6, 6.07) is 21.4. The number of anilines is 1. The van der Waals surface area contributed by atoms with Crippen molar-refractivity contribution in [1.29, 1.82) is 0 Å². The average molecular weight is 498 g/mol. The molecule has 176 valence electrons. The van der Waals surface area contributed by atoms with E-state index in [0.29, 0.717) is 22.2 Å². The van der Waals surface area contributed by atoms with Gasteiger partial charge in [0.05, 0.1) is 24.3 Å². The number of halogens is 1. The zero-order valence-corrected chi connectivity index (χ0v) is 20.2. The summed E-state index contributed by atoms with van der Waals surface area (Å²) in [5.74, 6) is 0.592. The standard InChI is InChI=1S/C25H24ClN3O4S/c1-17(34-21-13-9-19(26)10-14-21)25(31)29-27-15-18-7-11-20(12-8-18)33-16-24(30)28-22-5-3-4-6-23(22)32-2/h3-15,17H,16H2,1-2H3,(H,28,30)(H,29,31)/b27-15-/t17-/m1/s1. The molecular weight excluding hydrogens is 474 g/mol. The van der Waals surface area contributed by atoms with Crippen LogP contribution in [0.3, 0.4) is 0 Å². The number of rotatable bonds is 10. The zero-order valence-electron chi connectivity index (χ0n) is 18.7. The van der Waals surface area contributed by atoms with Crippen molar-refractivity contribution in [1.82, 2.24) is 5.43 Å². The highest BCUT2D eigenvalue weighted by atomic mass is 35.5. The number of carbonyl (C=O) groups excluding carboxylic acids is 2. The summed E-state index contributed by atoms with van der Waals surface area (Å²) in [6.45, 7) is 1.66. The van der Waals surface area contributed by atoms with Crippen LogP contribution in [0.2, 0.25) is 5.02 Å². The second kappa shape index (κ2) is 12.7. The molecule has 9 heteroatoms. The molecule has 0 aliphatic carbocycles. The number of carbonyl (C=O) groups is 2. The third-order valence-electron chi connectivity index (χ3n) is 4.52. The zero-order chi connectivity index (χ0) is 24.3. The Kier molecular flexibility index (Phi) is 9.37. The Labute approximate surface area is 207 Å². The molecule has 34 heavy (non-hydrogen) atoms. The van der Waals surface area contributed by atoms with Crippen molar-refractivity contribution in [2.24, 2.45) is 5.10 Å². The molecule has 0 spiro atoms. The summed E-state index contributed by atoms with van der Waals surface area (Å²) < 4.78 is 10.7. The van der Waals surface area contributed by atoms with Gasteiger partial charge in [-0.15, -0.1) is 11.8 Å². The molecule has 1 atom stereocenters. The van der Waals surface area contributed by atoms with E-state index in [1.807, 2.05) is 18.2 Å². The van der Waals surface area contributed by atoms with E-state index >= 15 is 0 Å². The lowest BCUT2D eigenvalue weighted by Gasteiger charge is -2.10. The SMILES string of the molecule is COc1ccccc1NC(=O)COc1ccc(/C=N\NC(=O)[C@@H](C)Sc2ccc(Cl)cc2)cc1. The van der Waals surface area contributed by atoms with E-state index in [0.717, 1.165) is 10.5 Å². The molecule has 0 radical (unpaired) electrons. The number of thioether (sulfide) groups is 1. The highest BCUT2D eigenvalue weighted by Crippen LogP contribution is 2.25. The predicted molar refractivity (Wildman–Crippen MR) is 136 cm³/mol. The van der Waals surface area contributed by atoms with Gasteiger partial charge < -0.3 is 14.8 Å². The first-order valence-electron chi connectivity index (χ1n) is 10.4. The molecule has 0 saturated heterocycles. The first kappa shape index (κ1) is 25.1. The van der Waals surface area contributed by atoms with E-state index in [1.165, 1.54) is 18.0 Å². The van der Waals surface area contributed by atoms with Crippen LogP contribution >= 0.6 is 23.4 Å². The van der Waals surface area contributed by atoms with Gasteiger partial charge in [-0.2, -0.15) is 5.10 Å². The summed E-state index contributed by atoms with van der Waals surface area (Å²) in [6.07, 6.45) is 1.54. The summed E-state index contributed by atoms with van der Waals surface area (Å²) >= 11 is 7.30. The van der Waals surface area contributed by atoms with Crippen molar-refractivity contribution in [2.45, 2.75) is 17.1 Å². The van der Waals surface area contributed by atoms with Gasteiger partial charge in [-0.25, -0.2) is 5.43 Å². The lowest BCUT2D eigenvalue weighted by molar-refractivity contribution is -0.120. The third-order valence-corrected chi connectivity index (χ3v) is 5.88. The molecule has 3 aromatic carbocycles. The molecule has 2 N–H and O–H groups in total. The molecule has 0 unspecified atom stereocenters. The fourth-order valence-corrected chi connectivity index (χ4v) is 3.75. The van der Waals surface area contributed by atoms with E-state index < -0.39 is 0 Å². The quantitative estimate of drug-likeness (QED) is 0.234. The van der Waals surface area contributed by atoms with Gasteiger partial charge in [0.2, 0.25) is 0 Å². The Morgan fingerprint density at radius 2 is 1.76 bits per heavy atom. The number of amides is 2. The smallest absolute Gasteiger partial charge is 0.262 e. The summed E-state index contributed by atoms with van der Waals surface area (Å²) in [7, 11) is 1.54. The highest BCUT2D eigenvalue weighted by Gasteiger charge is 2.13. The molecule has 7 nitrogen and oxygen atoms in total. The van der Waals surface area contributed by atoms with Gasteiger partial charge in [0.1, 0.15) is 11.5 Å². The van der Waals surface area contributed by atoms with Crippen molar-refractivity contribution in [3.05, 3.63) is 83.4 Å². The van der Waals surface area contributed by atoms with Crippen LogP contribution in [0.15, 0.2) is 82.8 Å². The summed E-state index contributed by atoms with van der Waals surface area (Å²) in [5.41, 5.74) is 3.88. The predicted octanol–water partition coefficient (Wildman–Crippen LogP) is 5.00. The second-order valence-electron chi connectivity index (χ2n) is 7.05. The average Bonchev–Trinajstić information content (AvgIpc) is 2.85. The van der Waals surface area contributed by atoms with Crippen LogP contribution in [0.4, 0.5) is 5.69 Å². The second-order valence-corrected chi connectivity index (χ2v) is 8.91. The number of nitrogens with one attached hydrogen (secondary N) is 2. The minimum Gasteiger partial charge on any atom is -0.495 e. The number of hydrazone groups is 1. The van der Waals surface area contributed by atoms with Gasteiger partial charge in [-0.1, -0.05) is 23.7 Å². The maximum Gasteiger partial charge on any atom is 0.262 e. The van der Waals surface area contributed by atoms with Crippen LogP contribution in [0.25, 0.3) is 0 Å². The van der Waals surface area contributed by atoms with Gasteiger partial charge in [0.25, 0.3) is 11.8 Å². The number of hydrogen-bond donors (Lipinski definition) is 2. The Balaban J connectivity index is 1.43. The molecule has 0 aromatic heterocycles. The topological polar surface area (TPSA) is 89.0 Å². The van der Waals surface area contributed by atoms with E-state index in [2.05, 4.69) is 15.8 Å². The third kappa shape index (κ3) is 7.83. The van der Waals surface area contributed by atoms with Crippen LogP contribution in [-0.4, -0.2) is 37.0 Å². The Bertz CT molecular complexity index is 1140. The van der Waals surface area contributed by atoms with E-state index in [1.54, 1.807) is 68.6 Å². The van der Waals surface area contributed by atoms with Gasteiger partial charge in [0.15, 0.2) is 6.61 Å². The van der Waals surface area contributed by atoms with Gasteiger partial charge in [-0.05, 0) is 73.2 Å². The van der Waals surface area contributed by atoms with Crippen molar-refractivity contribution >= 4 is 47.1 Å². The monoisotopic (exact) mass is 497 g/mol. The minimum absolute atomic E-state index is 0.148. The molecule has 0 aliphatic heterocycles. The highest BCUT2D eigenvalue weighted by molar-refractivity contribution is 8.00. The maximum absolute atomic E-state index is 12.2. The van der Waals surface area contributed by atoms with Crippen LogP contribution in [0.1, 0.15) is 12.5 Å². The fourth-order valence-electron chi connectivity index (χ4n) is 2.77. The molecule has 0 bridgehead atoms. The van der Waals surface area contributed by atoms with Crippen molar-refractivity contribution in [2.75, 3.05) is 19.0 Å². The van der Waals surface area contributed by atoms with Crippen LogP contribution < -0.4 is 20.2 Å². The lowest BCUT2D eigenvalue weighted by Crippen LogP contribution is -2.26. The first-order valence-corrected chi connectivity index (χ1v) is 11.6. The molecular formula is C25H24ClN3O4S. The van der Waals surface area contributed by atoms with Crippen molar-refractivity contribution in [3.8, 4) is 11.5 Å². The molecule has 0 fully saturated rings. The maximum atomic E-state index is 12.2. The molecule has 3 rings (SSSR count). The molecule has 0 heterocycles. The number of benzene rings is 3. The number of para-hydroxylation sites is 2. The summed E-state index contributed by atoms with van der Waals surface area (Å²) in [5, 5.41) is 7.09. The Hall–Kier alpha value is -3.49. The van der Waals surface area contributed by atoms with Crippen molar-refractivity contribution in [3.63, 3.8) is 0 Å². The number of methoxy groups -OCH3 is 1. The number of hydrogen-bond acceptors (Lipinski definition) is 6. The van der Waals surface area contributed by atoms with Crippen molar-refractivity contribution < 1.29 is 19.1 Å². The Morgan fingerprint density at radius 3 is 2.47 bits per heavy atom. The van der Waals surface area contributed by atoms with Crippen LogP contribution in [-0.2, 0) is 9.59 Å². The Morgan fingerprint density at radius 1 is 1.06 bits per heavy atom. The summed E-state index contributed by atoms with van der Waals surface area (Å²) in [4.78, 5) is 25.3. The van der Waals surface area contributed by atoms with E-state index in [9.17, 15) is 9.59 Å². The minimum atomic E-state index is -0.323. The first-order chi connectivity index (χ1) is 16.4. The van der Waals surface area contributed by atoms with E-state index in [-0.39, 0.29) is 23.7 Å². The largest absolute Gasteiger partial charge is 0.495 e. The molecule has 0 saturated carbocycles. The van der Waals surface area contributed by atoms with E-state index in [4.69, 9.17) is 21.1 Å². The van der Waals surface area contributed by atoms with Crippen LogP contribution in [0.5, 0.6) is 11.5 Å². The van der Waals surface area contributed by atoms with Gasteiger partial charge >= 0.3 is 0 Å². The van der Waals surface area contributed by atoms with Crippen LogP contribution in [0, 0.1) is 0 Å². The lowest BCUT2D eigenvalue weighted by atomic mass is 10.2. The number of nitrogens with zero attached hydrogens (tertiary/aromatic N) is 1. The molecule has 0 aliphatic rings. The van der Waals surface area contributed by atoms with Gasteiger partial charge in [0, 0.05) is 9.92 Å². The molecule has 2 amide bonds. The van der Waals surface area contributed by atoms with Gasteiger partial charge in [-0.3, -0.25) is 9.59 Å². The fraction of sp³-hybridized carbons (Fsp3) is 0.160. The normalized spacial score (nSPS) is 11.6. The number of ether oxygens (including phenoxy) is 2.